The van der Waals surface area contributed by atoms with Crippen LogP contribution < -0.4 is 5.32 Å². The Labute approximate surface area is 159 Å². The average molecular weight is 389 g/mol. The summed E-state index contributed by atoms with van der Waals surface area (Å²) < 4.78 is 15.6. The van der Waals surface area contributed by atoms with Crippen LogP contribution in [0.25, 0.3) is 17.1 Å². The van der Waals surface area contributed by atoms with E-state index >= 15 is 0 Å². The van der Waals surface area contributed by atoms with Crippen LogP contribution in [0.1, 0.15) is 36.2 Å². The summed E-state index contributed by atoms with van der Waals surface area (Å²) in [5.41, 5.74) is 1.02. The molecule has 4 rings (SSSR count). The van der Waals surface area contributed by atoms with Crippen molar-refractivity contribution in [2.24, 2.45) is 5.92 Å². The van der Waals surface area contributed by atoms with Crippen LogP contribution in [0.3, 0.4) is 0 Å². The van der Waals surface area contributed by atoms with Gasteiger partial charge in [0.05, 0.1) is 16.3 Å². The van der Waals surface area contributed by atoms with E-state index in [1.54, 1.807) is 18.3 Å². The first-order valence-electron chi connectivity index (χ1n) is 8.83. The molecule has 7 nitrogen and oxygen atoms in total. The third-order valence-corrected chi connectivity index (χ3v) is 5.15. The van der Waals surface area contributed by atoms with Crippen molar-refractivity contribution in [3.63, 3.8) is 0 Å². The van der Waals surface area contributed by atoms with Gasteiger partial charge < -0.3 is 10.3 Å². The number of nitrogens with zero attached hydrogens (tertiary/aromatic N) is 4. The lowest BCUT2D eigenvalue weighted by atomic mass is 10.1. The van der Waals surface area contributed by atoms with Crippen LogP contribution >= 0.6 is 11.6 Å². The Balaban J connectivity index is 1.56. The van der Waals surface area contributed by atoms with Gasteiger partial charge in [-0.05, 0) is 47.4 Å². The van der Waals surface area contributed by atoms with E-state index in [2.05, 4.69) is 25.8 Å². The Hall–Kier alpha value is -2.74. The topological polar surface area (TPSA) is 88.5 Å². The van der Waals surface area contributed by atoms with E-state index in [0.717, 1.165) is 12.8 Å². The molecule has 0 aliphatic heterocycles. The number of hydrogen-bond acceptors (Lipinski definition) is 4. The number of amides is 1. The minimum absolute atomic E-state index is 0.109. The molecule has 0 unspecified atom stereocenters. The summed E-state index contributed by atoms with van der Waals surface area (Å²) in [6, 6.07) is 5.99. The molecule has 0 radical (unpaired) electrons. The van der Waals surface area contributed by atoms with E-state index in [-0.39, 0.29) is 22.3 Å². The van der Waals surface area contributed by atoms with Crippen molar-refractivity contribution in [3.8, 4) is 17.1 Å². The van der Waals surface area contributed by atoms with Gasteiger partial charge in [0.15, 0.2) is 5.82 Å². The first kappa shape index (κ1) is 17.7. The Kier molecular flexibility index (Phi) is 4.89. The van der Waals surface area contributed by atoms with Gasteiger partial charge in [-0.2, -0.15) is 4.68 Å². The molecule has 2 N–H and O–H groups in total. The highest BCUT2D eigenvalue weighted by atomic mass is 35.5. The molecule has 2 aromatic heterocycles. The van der Waals surface area contributed by atoms with Gasteiger partial charge in [-0.3, -0.25) is 4.79 Å². The maximum Gasteiger partial charge on any atom is 0.267 e. The third kappa shape index (κ3) is 3.57. The number of nitrogens with one attached hydrogen (secondary N) is 2. The number of aromatic amines is 1. The van der Waals surface area contributed by atoms with Gasteiger partial charge >= 0.3 is 0 Å². The van der Waals surface area contributed by atoms with Crippen molar-refractivity contribution in [1.29, 1.82) is 0 Å². The highest BCUT2D eigenvalue weighted by Crippen LogP contribution is 2.30. The zero-order chi connectivity index (χ0) is 18.8. The molecule has 27 heavy (non-hydrogen) atoms. The van der Waals surface area contributed by atoms with Crippen LogP contribution in [0.5, 0.6) is 0 Å². The van der Waals surface area contributed by atoms with Gasteiger partial charge in [-0.15, -0.1) is 5.10 Å². The van der Waals surface area contributed by atoms with E-state index in [1.165, 1.54) is 29.7 Å². The van der Waals surface area contributed by atoms with Gasteiger partial charge in [0.25, 0.3) is 5.91 Å². The number of carbonyl (C=O) groups excluding carboxylic acids is 1. The molecular formula is C18H18ClFN6O. The fourth-order valence-corrected chi connectivity index (χ4v) is 3.66. The average Bonchev–Trinajstić information content (AvgIpc) is 3.40. The number of tetrazole rings is 1. The van der Waals surface area contributed by atoms with Gasteiger partial charge in [-0.1, -0.05) is 30.5 Å². The highest BCUT2D eigenvalue weighted by Gasteiger charge is 2.20. The summed E-state index contributed by atoms with van der Waals surface area (Å²) in [5, 5.41) is 14.6. The normalized spacial score (nSPS) is 14.6. The molecule has 0 bridgehead atoms. The SMILES string of the molecule is O=C(NCC1CCCC1)c1cc(-n2nnnc2-c2c(F)cccc2Cl)c[nH]1. The smallest absolute Gasteiger partial charge is 0.267 e. The van der Waals surface area contributed by atoms with Crippen LogP contribution in [0.2, 0.25) is 5.02 Å². The minimum atomic E-state index is -0.524. The van der Waals surface area contributed by atoms with E-state index in [4.69, 9.17) is 11.6 Å². The van der Waals surface area contributed by atoms with E-state index in [1.807, 2.05) is 0 Å². The predicted molar refractivity (Wildman–Crippen MR) is 98.2 cm³/mol. The summed E-state index contributed by atoms with van der Waals surface area (Å²) in [5.74, 6) is 0.00280. The maximum absolute atomic E-state index is 14.2. The first-order valence-corrected chi connectivity index (χ1v) is 9.21. The van der Waals surface area contributed by atoms with Crippen molar-refractivity contribution in [2.75, 3.05) is 6.54 Å². The van der Waals surface area contributed by atoms with Crippen LogP contribution in [-0.2, 0) is 0 Å². The second-order valence-electron chi connectivity index (χ2n) is 6.64. The van der Waals surface area contributed by atoms with Crippen molar-refractivity contribution < 1.29 is 9.18 Å². The van der Waals surface area contributed by atoms with Crippen molar-refractivity contribution in [1.82, 2.24) is 30.5 Å². The van der Waals surface area contributed by atoms with Crippen LogP contribution in [-0.4, -0.2) is 37.6 Å². The number of aromatic nitrogens is 5. The summed E-state index contributed by atoms with van der Waals surface area (Å²) in [4.78, 5) is 15.3. The number of hydrogen-bond donors (Lipinski definition) is 2. The molecule has 140 valence electrons. The Morgan fingerprint density at radius 1 is 1.37 bits per heavy atom. The lowest BCUT2D eigenvalue weighted by molar-refractivity contribution is 0.0943. The summed E-state index contributed by atoms with van der Waals surface area (Å²) in [6.45, 7) is 0.675. The molecule has 0 spiro atoms. The predicted octanol–water partition coefficient (Wildman–Crippen LogP) is 3.37. The van der Waals surface area contributed by atoms with E-state index in [9.17, 15) is 9.18 Å². The van der Waals surface area contributed by atoms with Crippen molar-refractivity contribution >= 4 is 17.5 Å². The van der Waals surface area contributed by atoms with Gasteiger partial charge in [0.1, 0.15) is 11.5 Å². The molecule has 1 aliphatic rings. The summed E-state index contributed by atoms with van der Waals surface area (Å²) >= 11 is 6.12. The number of halogens is 2. The van der Waals surface area contributed by atoms with Crippen LogP contribution in [0.15, 0.2) is 30.5 Å². The van der Waals surface area contributed by atoms with Gasteiger partial charge in [0, 0.05) is 12.7 Å². The lowest BCUT2D eigenvalue weighted by Crippen LogP contribution is -2.28. The summed E-state index contributed by atoms with van der Waals surface area (Å²) in [7, 11) is 0. The van der Waals surface area contributed by atoms with Crippen LogP contribution in [0, 0.1) is 11.7 Å². The van der Waals surface area contributed by atoms with Gasteiger partial charge in [-0.25, -0.2) is 4.39 Å². The minimum Gasteiger partial charge on any atom is -0.355 e. The van der Waals surface area contributed by atoms with E-state index in [0.29, 0.717) is 23.8 Å². The van der Waals surface area contributed by atoms with Crippen molar-refractivity contribution in [3.05, 3.63) is 47.0 Å². The molecule has 1 amide bonds. The first-order chi connectivity index (χ1) is 13.1. The fraction of sp³-hybridized carbons (Fsp3) is 0.333. The Morgan fingerprint density at radius 3 is 2.96 bits per heavy atom. The lowest BCUT2D eigenvalue weighted by Gasteiger charge is -2.09. The third-order valence-electron chi connectivity index (χ3n) is 4.84. The molecule has 0 saturated heterocycles. The van der Waals surface area contributed by atoms with Crippen molar-refractivity contribution in [2.45, 2.75) is 25.7 Å². The molecule has 9 heteroatoms. The fourth-order valence-electron chi connectivity index (χ4n) is 3.41. The molecule has 2 heterocycles. The van der Waals surface area contributed by atoms with E-state index < -0.39 is 5.82 Å². The molecule has 3 aromatic rings. The maximum atomic E-state index is 14.2. The monoisotopic (exact) mass is 388 g/mol. The quantitative estimate of drug-likeness (QED) is 0.701. The zero-order valence-electron chi connectivity index (χ0n) is 14.5. The Bertz CT molecular complexity index is 942. The number of rotatable bonds is 5. The second-order valence-corrected chi connectivity index (χ2v) is 7.05. The van der Waals surface area contributed by atoms with Gasteiger partial charge in [0.2, 0.25) is 0 Å². The summed E-state index contributed by atoms with van der Waals surface area (Å²) in [6.07, 6.45) is 6.38. The Morgan fingerprint density at radius 2 is 2.19 bits per heavy atom. The number of H-pyrrole nitrogens is 1. The highest BCUT2D eigenvalue weighted by molar-refractivity contribution is 6.33. The molecular weight excluding hydrogens is 371 g/mol. The number of carbonyl (C=O) groups is 1. The number of benzene rings is 1. The molecule has 1 saturated carbocycles. The van der Waals surface area contributed by atoms with Crippen LogP contribution in [0.4, 0.5) is 4.39 Å². The molecule has 1 aromatic carbocycles. The molecule has 1 aliphatic carbocycles. The zero-order valence-corrected chi connectivity index (χ0v) is 15.2. The molecule has 1 fully saturated rings. The largest absolute Gasteiger partial charge is 0.355 e. The molecule has 0 atom stereocenters. The second kappa shape index (κ2) is 7.48. The standard InChI is InChI=1S/C18H18ClFN6O/c19-13-6-3-7-14(20)16(13)17-23-24-25-26(17)12-8-15(21-10-12)18(27)22-9-11-4-1-2-5-11/h3,6-8,10-11,21H,1-2,4-5,9H2,(H,22,27).